The van der Waals surface area contributed by atoms with E-state index in [0.717, 1.165) is 30.1 Å². The molecule has 1 unspecified atom stereocenters. The van der Waals surface area contributed by atoms with Gasteiger partial charge in [-0.1, -0.05) is 54.1 Å². The third-order valence-electron chi connectivity index (χ3n) is 3.86. The minimum absolute atomic E-state index is 0.0665. The SMILES string of the molecule is CN(CCCOC(c1cccc(Cl)c1)N(C)C)Cc1ccccc1. The molecule has 3 nitrogen and oxygen atoms in total. The van der Waals surface area contributed by atoms with E-state index >= 15 is 0 Å². The van der Waals surface area contributed by atoms with Gasteiger partial charge in [0.1, 0.15) is 6.23 Å². The van der Waals surface area contributed by atoms with Crippen molar-refractivity contribution in [1.29, 1.82) is 0 Å². The summed E-state index contributed by atoms with van der Waals surface area (Å²) < 4.78 is 6.09. The highest BCUT2D eigenvalue weighted by Gasteiger charge is 2.14. The summed E-state index contributed by atoms with van der Waals surface area (Å²) in [6.07, 6.45) is 0.928. The smallest absolute Gasteiger partial charge is 0.136 e. The van der Waals surface area contributed by atoms with Crippen LogP contribution in [0.3, 0.4) is 0 Å². The quantitative estimate of drug-likeness (QED) is 0.493. The van der Waals surface area contributed by atoms with Crippen molar-refractivity contribution in [1.82, 2.24) is 9.80 Å². The van der Waals surface area contributed by atoms with Crippen LogP contribution >= 0.6 is 11.6 Å². The predicted molar refractivity (Wildman–Crippen MR) is 101 cm³/mol. The lowest BCUT2D eigenvalue weighted by Crippen LogP contribution is -2.25. The Hall–Kier alpha value is -1.39. The molecule has 2 aromatic rings. The van der Waals surface area contributed by atoms with Gasteiger partial charge in [-0.15, -0.1) is 0 Å². The average molecular weight is 347 g/mol. The first-order chi connectivity index (χ1) is 11.6. The van der Waals surface area contributed by atoms with Gasteiger partial charge in [0.2, 0.25) is 0 Å². The van der Waals surface area contributed by atoms with Crippen LogP contribution in [0.25, 0.3) is 0 Å². The largest absolute Gasteiger partial charge is 0.359 e. The van der Waals surface area contributed by atoms with Crippen LogP contribution in [-0.2, 0) is 11.3 Å². The van der Waals surface area contributed by atoms with Crippen LogP contribution in [0.4, 0.5) is 0 Å². The van der Waals surface area contributed by atoms with Crippen LogP contribution in [0.2, 0.25) is 5.02 Å². The Morgan fingerprint density at radius 2 is 1.75 bits per heavy atom. The van der Waals surface area contributed by atoms with Crippen molar-refractivity contribution < 1.29 is 4.74 Å². The van der Waals surface area contributed by atoms with Gasteiger partial charge in [0, 0.05) is 18.1 Å². The molecule has 0 heterocycles. The van der Waals surface area contributed by atoms with Crippen molar-refractivity contribution in [2.45, 2.75) is 19.2 Å². The third kappa shape index (κ3) is 6.25. The maximum Gasteiger partial charge on any atom is 0.136 e. The molecule has 0 radical (unpaired) electrons. The molecule has 4 heteroatoms. The molecule has 130 valence electrons. The van der Waals surface area contributed by atoms with Crippen LogP contribution in [-0.4, -0.2) is 44.1 Å². The van der Waals surface area contributed by atoms with Gasteiger partial charge in [-0.3, -0.25) is 4.90 Å². The van der Waals surface area contributed by atoms with E-state index in [1.165, 1.54) is 5.56 Å². The maximum atomic E-state index is 6.09. The lowest BCUT2D eigenvalue weighted by atomic mass is 10.2. The second-order valence-electron chi connectivity index (χ2n) is 6.32. The van der Waals surface area contributed by atoms with Crippen molar-refractivity contribution in [3.63, 3.8) is 0 Å². The van der Waals surface area contributed by atoms with Crippen molar-refractivity contribution in [2.75, 3.05) is 34.3 Å². The summed E-state index contributed by atoms with van der Waals surface area (Å²) in [4.78, 5) is 4.39. The fraction of sp³-hybridized carbons (Fsp3) is 0.400. The molecule has 1 atom stereocenters. The third-order valence-corrected chi connectivity index (χ3v) is 4.09. The molecular formula is C20H27ClN2O. The Labute approximate surface area is 150 Å². The van der Waals surface area contributed by atoms with Gasteiger partial charge in [-0.2, -0.15) is 0 Å². The summed E-state index contributed by atoms with van der Waals surface area (Å²) in [5.41, 5.74) is 2.43. The molecule has 0 N–H and O–H groups in total. The van der Waals surface area contributed by atoms with Crippen LogP contribution < -0.4 is 0 Å². The van der Waals surface area contributed by atoms with Gasteiger partial charge in [0.15, 0.2) is 0 Å². The monoisotopic (exact) mass is 346 g/mol. The Kier molecular flexibility index (Phi) is 7.73. The number of nitrogens with zero attached hydrogens (tertiary/aromatic N) is 2. The molecule has 24 heavy (non-hydrogen) atoms. The summed E-state index contributed by atoms with van der Waals surface area (Å²) in [5.74, 6) is 0. The number of hydrogen-bond donors (Lipinski definition) is 0. The lowest BCUT2D eigenvalue weighted by Gasteiger charge is -2.25. The number of rotatable bonds is 9. The van der Waals surface area contributed by atoms with E-state index in [4.69, 9.17) is 16.3 Å². The number of ether oxygens (including phenoxy) is 1. The van der Waals surface area contributed by atoms with E-state index in [-0.39, 0.29) is 6.23 Å². The second-order valence-corrected chi connectivity index (χ2v) is 6.76. The highest BCUT2D eigenvalue weighted by atomic mass is 35.5. The number of halogens is 1. The van der Waals surface area contributed by atoms with Gasteiger partial charge in [0.25, 0.3) is 0 Å². The van der Waals surface area contributed by atoms with Gasteiger partial charge >= 0.3 is 0 Å². The molecule has 2 rings (SSSR count). The first-order valence-corrected chi connectivity index (χ1v) is 8.70. The molecule has 0 aliphatic heterocycles. The zero-order valence-electron chi connectivity index (χ0n) is 14.8. The van der Waals surface area contributed by atoms with Gasteiger partial charge in [0.05, 0.1) is 6.61 Å². The molecule has 0 amide bonds. The molecule has 0 bridgehead atoms. The fourth-order valence-electron chi connectivity index (χ4n) is 2.71. The Morgan fingerprint density at radius 1 is 1.00 bits per heavy atom. The molecule has 0 spiro atoms. The molecule has 0 saturated carbocycles. The molecule has 0 aliphatic carbocycles. The summed E-state index contributed by atoms with van der Waals surface area (Å²) in [6, 6.07) is 18.4. The zero-order chi connectivity index (χ0) is 17.4. The van der Waals surface area contributed by atoms with Crippen LogP contribution in [0.5, 0.6) is 0 Å². The zero-order valence-corrected chi connectivity index (χ0v) is 15.5. The standard InChI is InChI=1S/C20H27ClN2O/c1-22(2)20(18-11-7-12-19(21)15-18)24-14-8-13-23(3)16-17-9-5-4-6-10-17/h4-7,9-12,15,20H,8,13-14,16H2,1-3H3. The lowest BCUT2D eigenvalue weighted by molar-refractivity contribution is -0.0409. The first-order valence-electron chi connectivity index (χ1n) is 8.32. The summed E-state index contributed by atoms with van der Waals surface area (Å²) in [5, 5.41) is 0.741. The summed E-state index contributed by atoms with van der Waals surface area (Å²) in [7, 11) is 6.19. The topological polar surface area (TPSA) is 15.7 Å². The van der Waals surface area contributed by atoms with E-state index in [1.54, 1.807) is 0 Å². The highest BCUT2D eigenvalue weighted by molar-refractivity contribution is 6.30. The highest BCUT2D eigenvalue weighted by Crippen LogP contribution is 2.22. The predicted octanol–water partition coefficient (Wildman–Crippen LogP) is 4.44. The van der Waals surface area contributed by atoms with Gasteiger partial charge in [-0.25, -0.2) is 0 Å². The summed E-state index contributed by atoms with van der Waals surface area (Å²) in [6.45, 7) is 2.69. The molecule has 2 aromatic carbocycles. The van der Waals surface area contributed by atoms with Gasteiger partial charge < -0.3 is 9.64 Å². The molecule has 0 aliphatic rings. The minimum atomic E-state index is -0.0665. The van der Waals surface area contributed by atoms with Gasteiger partial charge in [-0.05, 0) is 50.8 Å². The van der Waals surface area contributed by atoms with E-state index in [9.17, 15) is 0 Å². The van der Waals surface area contributed by atoms with Crippen LogP contribution in [0.1, 0.15) is 23.8 Å². The van der Waals surface area contributed by atoms with E-state index < -0.39 is 0 Å². The summed E-state index contributed by atoms with van der Waals surface area (Å²) >= 11 is 6.09. The second kappa shape index (κ2) is 9.80. The fourth-order valence-corrected chi connectivity index (χ4v) is 2.91. The van der Waals surface area contributed by atoms with Crippen molar-refractivity contribution in [3.8, 4) is 0 Å². The Balaban J connectivity index is 1.77. The first kappa shape index (κ1) is 18.9. The van der Waals surface area contributed by atoms with Crippen molar-refractivity contribution in [3.05, 3.63) is 70.7 Å². The molecular weight excluding hydrogens is 320 g/mol. The van der Waals surface area contributed by atoms with E-state index in [1.807, 2.05) is 32.3 Å². The molecule has 0 saturated heterocycles. The number of hydrogen-bond acceptors (Lipinski definition) is 3. The van der Waals surface area contributed by atoms with Crippen LogP contribution in [0.15, 0.2) is 54.6 Å². The number of benzene rings is 2. The Morgan fingerprint density at radius 3 is 2.42 bits per heavy atom. The molecule has 0 fully saturated rings. The van der Waals surface area contributed by atoms with E-state index in [2.05, 4.69) is 53.2 Å². The van der Waals surface area contributed by atoms with E-state index in [0.29, 0.717) is 6.61 Å². The molecule has 0 aromatic heterocycles. The normalized spacial score (nSPS) is 12.8. The average Bonchev–Trinajstić information content (AvgIpc) is 2.55. The Bertz CT molecular complexity index is 604. The minimum Gasteiger partial charge on any atom is -0.359 e. The van der Waals surface area contributed by atoms with Crippen LogP contribution in [0, 0.1) is 0 Å². The van der Waals surface area contributed by atoms with Crippen molar-refractivity contribution in [2.24, 2.45) is 0 Å². The maximum absolute atomic E-state index is 6.09. The van der Waals surface area contributed by atoms with Crippen molar-refractivity contribution >= 4 is 11.6 Å².